The number of carbonyl (C=O) groups excluding carboxylic acids is 1. The summed E-state index contributed by atoms with van der Waals surface area (Å²) in [6, 6.07) is 0. The van der Waals surface area contributed by atoms with Crippen molar-refractivity contribution in [3.8, 4) is 0 Å². The Morgan fingerprint density at radius 1 is 0.960 bits per heavy atom. The van der Waals surface area contributed by atoms with Crippen molar-refractivity contribution < 1.29 is 14.3 Å². The maximum Gasteiger partial charge on any atom is 0.311 e. The monoisotopic (exact) mass is 346 g/mol. The second-order valence-corrected chi connectivity index (χ2v) is 9.73. The Bertz CT molecular complexity index is 531. The van der Waals surface area contributed by atoms with Crippen LogP contribution in [0.15, 0.2) is 0 Å². The van der Waals surface area contributed by atoms with Gasteiger partial charge in [0.25, 0.3) is 0 Å². The molecule has 3 heteroatoms. The zero-order valence-corrected chi connectivity index (χ0v) is 15.9. The summed E-state index contributed by atoms with van der Waals surface area (Å²) >= 11 is 0. The zero-order valence-electron chi connectivity index (χ0n) is 15.9. The van der Waals surface area contributed by atoms with Crippen molar-refractivity contribution in [1.82, 2.24) is 0 Å². The van der Waals surface area contributed by atoms with Crippen LogP contribution in [-0.2, 0) is 14.3 Å². The molecule has 10 atom stereocenters. The van der Waals surface area contributed by atoms with Gasteiger partial charge in [-0.2, -0.15) is 0 Å². The molecule has 3 nitrogen and oxygen atoms in total. The van der Waals surface area contributed by atoms with Crippen LogP contribution in [0.3, 0.4) is 0 Å². The molecule has 0 radical (unpaired) electrons. The molecule has 5 fully saturated rings. The molecule has 25 heavy (non-hydrogen) atoms. The Morgan fingerprint density at radius 3 is 2.44 bits per heavy atom. The van der Waals surface area contributed by atoms with Gasteiger partial charge in [-0.1, -0.05) is 26.7 Å². The van der Waals surface area contributed by atoms with E-state index in [1.807, 2.05) is 0 Å². The van der Waals surface area contributed by atoms with Crippen molar-refractivity contribution in [2.75, 3.05) is 6.61 Å². The summed E-state index contributed by atoms with van der Waals surface area (Å²) in [7, 11) is 0. The van der Waals surface area contributed by atoms with Gasteiger partial charge in [0.1, 0.15) is 0 Å². The van der Waals surface area contributed by atoms with E-state index in [4.69, 9.17) is 9.47 Å². The maximum atomic E-state index is 12.5. The average Bonchev–Trinajstić information content (AvgIpc) is 3.42. The number of ether oxygens (including phenoxy) is 2. The van der Waals surface area contributed by atoms with Gasteiger partial charge in [0.2, 0.25) is 0 Å². The number of fused-ring (bicyclic) bond motifs is 7. The topological polar surface area (TPSA) is 35.5 Å². The number of carbonyl (C=O) groups is 1. The smallest absolute Gasteiger partial charge is 0.311 e. The molecule has 5 aliphatic rings. The summed E-state index contributed by atoms with van der Waals surface area (Å²) in [4.78, 5) is 12.5. The Morgan fingerprint density at radius 2 is 1.76 bits per heavy atom. The minimum atomic E-state index is 0.0319. The summed E-state index contributed by atoms with van der Waals surface area (Å²) in [6.07, 6.45) is 10.5. The fraction of sp³-hybridized carbons (Fsp3) is 0.955. The highest BCUT2D eigenvalue weighted by atomic mass is 16.5. The van der Waals surface area contributed by atoms with Gasteiger partial charge in [-0.3, -0.25) is 4.79 Å². The van der Waals surface area contributed by atoms with E-state index < -0.39 is 0 Å². The zero-order chi connectivity index (χ0) is 17.1. The normalized spacial score (nSPS) is 52.7. The minimum absolute atomic E-state index is 0.0319. The Kier molecular flexibility index (Phi) is 4.15. The molecule has 3 aliphatic carbocycles. The Hall–Kier alpha value is -0.570. The van der Waals surface area contributed by atoms with Gasteiger partial charge in [-0.15, -0.1) is 0 Å². The highest BCUT2D eigenvalue weighted by Gasteiger charge is 2.59. The highest BCUT2D eigenvalue weighted by Crippen LogP contribution is 2.65. The molecule has 2 aliphatic heterocycles. The van der Waals surface area contributed by atoms with E-state index >= 15 is 0 Å². The van der Waals surface area contributed by atoms with E-state index in [1.165, 1.54) is 32.1 Å². The molecule has 4 bridgehead atoms. The Balaban J connectivity index is 1.20. The van der Waals surface area contributed by atoms with Gasteiger partial charge in [-0.25, -0.2) is 0 Å². The quantitative estimate of drug-likeness (QED) is 0.690. The van der Waals surface area contributed by atoms with E-state index in [0.717, 1.165) is 54.8 Å². The number of hydrogen-bond acceptors (Lipinski definition) is 3. The number of hydrogen-bond donors (Lipinski definition) is 0. The second kappa shape index (κ2) is 6.25. The highest BCUT2D eigenvalue weighted by molar-refractivity contribution is 5.73. The summed E-state index contributed by atoms with van der Waals surface area (Å²) in [5, 5.41) is 0. The van der Waals surface area contributed by atoms with Crippen molar-refractivity contribution in [2.45, 2.75) is 77.4 Å². The predicted molar refractivity (Wildman–Crippen MR) is 95.8 cm³/mol. The molecule has 10 unspecified atom stereocenters. The fourth-order valence-corrected chi connectivity index (χ4v) is 7.90. The van der Waals surface area contributed by atoms with Gasteiger partial charge in [0, 0.05) is 0 Å². The standard InChI is InChI=1S/C22H34O3/c1-3-12-7-13(4-2)21-17-9-14(20(12)21)8-15(17)11-24-22(23)18-10-16-5-6-19(18)25-16/h12-21H,3-11H2,1-2H3. The molecule has 0 aromatic carbocycles. The molecule has 0 spiro atoms. The van der Waals surface area contributed by atoms with Crippen LogP contribution in [0, 0.1) is 47.3 Å². The average molecular weight is 347 g/mol. The van der Waals surface area contributed by atoms with Crippen LogP contribution >= 0.6 is 0 Å². The third kappa shape index (κ3) is 2.51. The number of rotatable bonds is 5. The lowest BCUT2D eigenvalue weighted by atomic mass is 9.71. The summed E-state index contributed by atoms with van der Waals surface area (Å²) in [5.74, 6) is 6.29. The molecule has 140 valence electrons. The lowest BCUT2D eigenvalue weighted by Gasteiger charge is -2.35. The van der Waals surface area contributed by atoms with Crippen LogP contribution in [0.1, 0.15) is 65.2 Å². The molecule has 3 saturated carbocycles. The third-order valence-electron chi connectivity index (χ3n) is 8.86. The molecule has 2 heterocycles. The van der Waals surface area contributed by atoms with Gasteiger partial charge in [0.05, 0.1) is 24.7 Å². The van der Waals surface area contributed by atoms with Gasteiger partial charge >= 0.3 is 5.97 Å². The van der Waals surface area contributed by atoms with Crippen molar-refractivity contribution in [3.05, 3.63) is 0 Å². The van der Waals surface area contributed by atoms with Crippen LogP contribution in [-0.4, -0.2) is 24.8 Å². The Labute approximate surface area is 152 Å². The molecular formula is C22H34O3. The van der Waals surface area contributed by atoms with Crippen LogP contribution in [0.4, 0.5) is 0 Å². The van der Waals surface area contributed by atoms with Crippen LogP contribution < -0.4 is 0 Å². The van der Waals surface area contributed by atoms with Gasteiger partial charge < -0.3 is 9.47 Å². The third-order valence-corrected chi connectivity index (χ3v) is 8.86. The first-order valence-corrected chi connectivity index (χ1v) is 11.0. The summed E-state index contributed by atoms with van der Waals surface area (Å²) in [5.41, 5.74) is 0. The second-order valence-electron chi connectivity index (χ2n) is 9.73. The van der Waals surface area contributed by atoms with Gasteiger partial charge in [0.15, 0.2) is 0 Å². The minimum Gasteiger partial charge on any atom is -0.465 e. The molecular weight excluding hydrogens is 312 g/mol. The van der Waals surface area contributed by atoms with E-state index in [2.05, 4.69) is 13.8 Å². The SMILES string of the molecule is CCC1CC(CC)C2C3CC(CC3COC(=O)C3CC4CCC3O4)C12. The molecule has 0 N–H and O–H groups in total. The van der Waals surface area contributed by atoms with E-state index in [1.54, 1.807) is 0 Å². The van der Waals surface area contributed by atoms with Crippen molar-refractivity contribution in [2.24, 2.45) is 47.3 Å². The van der Waals surface area contributed by atoms with E-state index in [-0.39, 0.29) is 18.0 Å². The van der Waals surface area contributed by atoms with Crippen molar-refractivity contribution in [1.29, 1.82) is 0 Å². The molecule has 2 saturated heterocycles. The summed E-state index contributed by atoms with van der Waals surface area (Å²) in [6.45, 7) is 5.46. The predicted octanol–water partition coefficient (Wildman–Crippen LogP) is 4.44. The van der Waals surface area contributed by atoms with Gasteiger partial charge in [-0.05, 0) is 80.0 Å². The van der Waals surface area contributed by atoms with E-state index in [0.29, 0.717) is 18.6 Å². The lowest BCUT2D eigenvalue weighted by Crippen LogP contribution is -2.34. The molecule has 0 amide bonds. The van der Waals surface area contributed by atoms with Crippen LogP contribution in [0.25, 0.3) is 0 Å². The molecule has 0 aromatic heterocycles. The molecule has 5 rings (SSSR count). The van der Waals surface area contributed by atoms with Crippen LogP contribution in [0.2, 0.25) is 0 Å². The largest absolute Gasteiger partial charge is 0.465 e. The first kappa shape index (κ1) is 16.6. The summed E-state index contributed by atoms with van der Waals surface area (Å²) < 4.78 is 11.7. The first-order chi connectivity index (χ1) is 12.2. The lowest BCUT2D eigenvalue weighted by molar-refractivity contribution is -0.152. The van der Waals surface area contributed by atoms with Crippen molar-refractivity contribution in [3.63, 3.8) is 0 Å². The fourth-order valence-electron chi connectivity index (χ4n) is 7.90. The first-order valence-electron chi connectivity index (χ1n) is 11.0. The maximum absolute atomic E-state index is 12.5. The van der Waals surface area contributed by atoms with Crippen molar-refractivity contribution >= 4 is 5.97 Å². The number of esters is 1. The molecule has 0 aromatic rings. The van der Waals surface area contributed by atoms with E-state index in [9.17, 15) is 4.79 Å². The van der Waals surface area contributed by atoms with Crippen LogP contribution in [0.5, 0.6) is 0 Å².